The van der Waals surface area contributed by atoms with E-state index in [2.05, 4.69) is 73.4 Å². The van der Waals surface area contributed by atoms with Crippen molar-refractivity contribution in [1.29, 1.82) is 0 Å². The summed E-state index contributed by atoms with van der Waals surface area (Å²) in [5.74, 6) is 0. The van der Waals surface area contributed by atoms with Gasteiger partial charge in [-0.25, -0.2) is 0 Å². The zero-order chi connectivity index (χ0) is 22.2. The third-order valence-electron chi connectivity index (χ3n) is 6.56. The number of anilines is 1. The quantitative estimate of drug-likeness (QED) is 0.282. The Morgan fingerprint density at radius 3 is 2.37 bits per heavy atom. The van der Waals surface area contributed by atoms with Crippen molar-refractivity contribution in [3.8, 4) is 0 Å². The number of halogens is 1. The Kier molecular flexibility index (Phi) is 10.1. The fraction of sp³-hybridized carbons (Fsp3) is 0.808. The van der Waals surface area contributed by atoms with E-state index in [-0.39, 0.29) is 17.1 Å². The number of pyridine rings is 1. The normalized spacial score (nSPS) is 18.8. The monoisotopic (exact) mass is 480 g/mol. The molecular weight excluding hydrogens is 436 g/mol. The number of hydrogen-bond donors (Lipinski definition) is 0. The van der Waals surface area contributed by atoms with Gasteiger partial charge in [-0.3, -0.25) is 4.98 Å². The maximum atomic E-state index is 6.94. The third-order valence-corrected chi connectivity index (χ3v) is 6.99. The predicted molar refractivity (Wildman–Crippen MR) is 133 cm³/mol. The molecule has 1 unspecified atom stereocenters. The molecule has 0 aromatic carbocycles. The van der Waals surface area contributed by atoms with Crippen molar-refractivity contribution >= 4 is 21.6 Å². The summed E-state index contributed by atoms with van der Waals surface area (Å²) in [6, 6.07) is 2.56. The first-order valence-electron chi connectivity index (χ1n) is 12.2. The number of ether oxygens (including phenoxy) is 1. The van der Waals surface area contributed by atoms with Gasteiger partial charge in [0.15, 0.2) is 0 Å². The molecule has 172 valence electrons. The van der Waals surface area contributed by atoms with Crippen LogP contribution in [0, 0.1) is 5.41 Å². The van der Waals surface area contributed by atoms with Crippen LogP contribution in [-0.2, 0) is 4.74 Å². The van der Waals surface area contributed by atoms with Gasteiger partial charge in [-0.2, -0.15) is 0 Å². The first kappa shape index (κ1) is 25.6. The molecule has 1 fully saturated rings. The molecule has 1 aromatic rings. The second kappa shape index (κ2) is 11.9. The van der Waals surface area contributed by atoms with Crippen molar-refractivity contribution in [2.45, 2.75) is 123 Å². The highest BCUT2D eigenvalue weighted by Crippen LogP contribution is 2.38. The summed E-state index contributed by atoms with van der Waals surface area (Å²) in [6.45, 7) is 15.0. The lowest BCUT2D eigenvalue weighted by Crippen LogP contribution is -2.51. The second-order valence-corrected chi connectivity index (χ2v) is 11.6. The van der Waals surface area contributed by atoms with Gasteiger partial charge in [0, 0.05) is 17.2 Å². The molecule has 2 heterocycles. The molecular formula is C26H45BrN2O. The number of nitrogens with zero attached hydrogens (tertiary/aromatic N) is 2. The van der Waals surface area contributed by atoms with Crippen molar-refractivity contribution in [3.63, 3.8) is 0 Å². The Balaban J connectivity index is 1.97. The van der Waals surface area contributed by atoms with Crippen LogP contribution in [0.15, 0.2) is 22.9 Å². The van der Waals surface area contributed by atoms with Crippen LogP contribution in [0.4, 0.5) is 5.69 Å². The molecule has 0 saturated carbocycles. The van der Waals surface area contributed by atoms with E-state index in [1.807, 2.05) is 12.4 Å². The van der Waals surface area contributed by atoms with Crippen molar-refractivity contribution in [2.75, 3.05) is 11.4 Å². The first-order chi connectivity index (χ1) is 14.1. The van der Waals surface area contributed by atoms with Gasteiger partial charge < -0.3 is 9.64 Å². The molecule has 0 bridgehead atoms. The van der Waals surface area contributed by atoms with E-state index < -0.39 is 0 Å². The Bertz CT molecular complexity index is 626. The Hall–Kier alpha value is -0.610. The fourth-order valence-corrected chi connectivity index (χ4v) is 5.11. The maximum absolute atomic E-state index is 6.94. The van der Waals surface area contributed by atoms with Crippen molar-refractivity contribution in [2.24, 2.45) is 5.41 Å². The van der Waals surface area contributed by atoms with Crippen LogP contribution in [-0.4, -0.2) is 29.3 Å². The average molecular weight is 482 g/mol. The first-order valence-corrected chi connectivity index (χ1v) is 13.0. The summed E-state index contributed by atoms with van der Waals surface area (Å²) in [5.41, 5.74) is 1.15. The van der Waals surface area contributed by atoms with E-state index in [4.69, 9.17) is 4.74 Å². The largest absolute Gasteiger partial charge is 0.370 e. The summed E-state index contributed by atoms with van der Waals surface area (Å²) in [6.07, 6.45) is 17.1. The number of unbranched alkanes of at least 4 members (excludes halogenated alkanes) is 6. The highest BCUT2D eigenvalue weighted by Gasteiger charge is 2.41. The Labute approximate surface area is 194 Å². The van der Waals surface area contributed by atoms with Crippen molar-refractivity contribution in [1.82, 2.24) is 4.98 Å². The molecule has 1 saturated heterocycles. The smallest absolute Gasteiger partial charge is 0.0832 e. The molecule has 0 aliphatic carbocycles. The van der Waals surface area contributed by atoms with Crippen LogP contribution < -0.4 is 4.90 Å². The molecule has 1 aromatic heterocycles. The molecule has 3 nitrogen and oxygen atoms in total. The van der Waals surface area contributed by atoms with Gasteiger partial charge in [-0.05, 0) is 60.5 Å². The van der Waals surface area contributed by atoms with Gasteiger partial charge in [0.25, 0.3) is 0 Å². The van der Waals surface area contributed by atoms with Crippen LogP contribution in [0.5, 0.6) is 0 Å². The summed E-state index contributed by atoms with van der Waals surface area (Å²) in [5, 5.41) is 0. The van der Waals surface area contributed by atoms with E-state index in [9.17, 15) is 0 Å². The SMILES string of the molecule is CCCCCCCCCC(OC(C)(C)[C@@H]1CCCN1c1cncc(Br)c1)C(C)(C)C. The zero-order valence-electron chi connectivity index (χ0n) is 20.3. The minimum atomic E-state index is -0.197. The molecule has 0 N–H and O–H groups in total. The Morgan fingerprint density at radius 2 is 1.73 bits per heavy atom. The van der Waals surface area contributed by atoms with Crippen LogP contribution in [0.3, 0.4) is 0 Å². The van der Waals surface area contributed by atoms with E-state index in [0.29, 0.717) is 6.04 Å². The van der Waals surface area contributed by atoms with Crippen molar-refractivity contribution < 1.29 is 4.74 Å². The molecule has 4 heteroatoms. The maximum Gasteiger partial charge on any atom is 0.0832 e. The molecule has 0 radical (unpaired) electrons. The lowest BCUT2D eigenvalue weighted by molar-refractivity contribution is -0.127. The summed E-state index contributed by atoms with van der Waals surface area (Å²) in [4.78, 5) is 6.90. The summed E-state index contributed by atoms with van der Waals surface area (Å²) < 4.78 is 7.98. The summed E-state index contributed by atoms with van der Waals surface area (Å²) >= 11 is 3.58. The topological polar surface area (TPSA) is 25.4 Å². The van der Waals surface area contributed by atoms with Crippen LogP contribution in [0.25, 0.3) is 0 Å². The molecule has 1 aliphatic heterocycles. The summed E-state index contributed by atoms with van der Waals surface area (Å²) in [7, 11) is 0. The predicted octanol–water partition coefficient (Wildman–Crippen LogP) is 8.16. The van der Waals surface area contributed by atoms with E-state index in [1.165, 1.54) is 63.5 Å². The average Bonchev–Trinajstić information content (AvgIpc) is 3.16. The molecule has 0 spiro atoms. The van der Waals surface area contributed by atoms with Gasteiger partial charge in [0.1, 0.15) is 0 Å². The van der Waals surface area contributed by atoms with Crippen molar-refractivity contribution in [3.05, 3.63) is 22.9 Å². The standard InChI is InChI=1S/C26H45BrN2O/c1-7-8-9-10-11-12-13-16-24(25(2,3)4)30-26(5,6)23-15-14-17-29(23)22-18-21(27)19-28-20-22/h18-20,23-24H,7-17H2,1-6H3/t23-,24?/m0/s1. The van der Waals surface area contributed by atoms with E-state index in [1.54, 1.807) is 0 Å². The fourth-order valence-electron chi connectivity index (χ4n) is 4.76. The molecule has 2 atom stereocenters. The van der Waals surface area contributed by atoms with Gasteiger partial charge in [-0.1, -0.05) is 72.6 Å². The Morgan fingerprint density at radius 1 is 1.07 bits per heavy atom. The van der Waals surface area contributed by atoms with Crippen LogP contribution >= 0.6 is 15.9 Å². The van der Waals surface area contributed by atoms with Gasteiger partial charge in [-0.15, -0.1) is 0 Å². The highest BCUT2D eigenvalue weighted by molar-refractivity contribution is 9.10. The van der Waals surface area contributed by atoms with Gasteiger partial charge >= 0.3 is 0 Å². The minimum Gasteiger partial charge on any atom is -0.370 e. The lowest BCUT2D eigenvalue weighted by atomic mass is 9.84. The second-order valence-electron chi connectivity index (χ2n) is 10.7. The van der Waals surface area contributed by atoms with Crippen LogP contribution in [0.1, 0.15) is 106 Å². The number of aromatic nitrogens is 1. The van der Waals surface area contributed by atoms with Crippen LogP contribution in [0.2, 0.25) is 0 Å². The minimum absolute atomic E-state index is 0.153. The number of rotatable bonds is 12. The van der Waals surface area contributed by atoms with Gasteiger partial charge in [0.2, 0.25) is 0 Å². The lowest BCUT2D eigenvalue weighted by Gasteiger charge is -2.44. The molecule has 2 rings (SSSR count). The van der Waals surface area contributed by atoms with E-state index in [0.717, 1.165) is 17.4 Å². The third kappa shape index (κ3) is 7.82. The molecule has 0 amide bonds. The van der Waals surface area contributed by atoms with Gasteiger partial charge in [0.05, 0.1) is 29.6 Å². The molecule has 1 aliphatic rings. The van der Waals surface area contributed by atoms with E-state index >= 15 is 0 Å². The highest BCUT2D eigenvalue weighted by atomic mass is 79.9. The number of hydrogen-bond acceptors (Lipinski definition) is 3. The zero-order valence-corrected chi connectivity index (χ0v) is 21.9. The molecule has 30 heavy (non-hydrogen) atoms.